The Bertz CT molecular complexity index is 2070. The van der Waals surface area contributed by atoms with Gasteiger partial charge in [-0.2, -0.15) is 0 Å². The number of aryl methyl sites for hydroxylation is 1. The number of nitrogens with zero attached hydrogens (tertiary/aromatic N) is 1. The summed E-state index contributed by atoms with van der Waals surface area (Å²) in [6.07, 6.45) is 9.10. The number of aromatic nitrogens is 1. The van der Waals surface area contributed by atoms with Gasteiger partial charge in [0.25, 0.3) is 0 Å². The summed E-state index contributed by atoms with van der Waals surface area (Å²) in [5, 5.41) is 13.3. The van der Waals surface area contributed by atoms with Crippen molar-refractivity contribution >= 4 is 39.2 Å². The van der Waals surface area contributed by atoms with Gasteiger partial charge in [0.15, 0.2) is 5.78 Å². The predicted molar refractivity (Wildman–Crippen MR) is 210 cm³/mol. The van der Waals surface area contributed by atoms with Gasteiger partial charge in [0.05, 0.1) is 5.76 Å². The molecule has 6 rings (SSSR count). The standard InChI is InChI=1S/C33H30NO.C13H24O2.Ir/c1-20-11-12-22-19-29(35-28(22)15-20)27-17-23-13-14-34-31(30(23)33(27,5)6)24-16-21-9-7-8-10-25(21)26(18-24)32(2,3)4;1-5-10(6-2)12(14)9-13(15)11(7-3)8-4;/h7-15,17-19H,1-6H3;9-11,14H,5-8H2,1-4H3;/q-1;;/b;12-9-;. The van der Waals surface area contributed by atoms with E-state index in [-0.39, 0.29) is 54.3 Å². The Kier molecular flexibility index (Phi) is 12.8. The zero-order valence-electron chi connectivity index (χ0n) is 32.0. The number of pyridine rings is 1. The van der Waals surface area contributed by atoms with E-state index >= 15 is 0 Å². The van der Waals surface area contributed by atoms with Crippen molar-refractivity contribution in [2.24, 2.45) is 11.8 Å². The number of fused-ring (bicyclic) bond motifs is 3. The van der Waals surface area contributed by atoms with Crippen molar-refractivity contribution in [1.82, 2.24) is 4.98 Å². The molecule has 1 N–H and O–H groups in total. The summed E-state index contributed by atoms with van der Waals surface area (Å²) in [4.78, 5) is 16.6. The average molecular weight is 861 g/mol. The van der Waals surface area contributed by atoms with E-state index < -0.39 is 0 Å². The molecule has 2 aromatic heterocycles. The van der Waals surface area contributed by atoms with Crippen LogP contribution in [0.3, 0.4) is 0 Å². The Morgan fingerprint density at radius 2 is 1.61 bits per heavy atom. The number of carbonyl (C=O) groups is 1. The quantitative estimate of drug-likeness (QED) is 0.0911. The van der Waals surface area contributed by atoms with Gasteiger partial charge in [-0.3, -0.25) is 9.78 Å². The first-order chi connectivity index (χ1) is 23.7. The second kappa shape index (κ2) is 16.3. The molecule has 0 saturated heterocycles. The van der Waals surface area contributed by atoms with Crippen molar-refractivity contribution in [1.29, 1.82) is 0 Å². The zero-order chi connectivity index (χ0) is 36.4. The van der Waals surface area contributed by atoms with Crippen LogP contribution in [0.25, 0.3) is 44.6 Å². The third-order valence-electron chi connectivity index (χ3n) is 10.4. The summed E-state index contributed by atoms with van der Waals surface area (Å²) < 4.78 is 6.37. The number of rotatable bonds is 9. The van der Waals surface area contributed by atoms with Crippen LogP contribution >= 0.6 is 0 Å². The normalized spacial score (nSPS) is 14.0. The molecule has 1 aliphatic carbocycles. The summed E-state index contributed by atoms with van der Waals surface area (Å²) >= 11 is 0. The molecular weight excluding hydrogens is 807 g/mol. The molecule has 1 aliphatic rings. The molecule has 0 unspecified atom stereocenters. The van der Waals surface area contributed by atoms with E-state index in [1.54, 1.807) is 0 Å². The second-order valence-corrected chi connectivity index (χ2v) is 15.3. The molecule has 5 aromatic rings. The van der Waals surface area contributed by atoms with Crippen molar-refractivity contribution in [2.45, 2.75) is 106 Å². The number of allylic oxidation sites excluding steroid dienone is 3. The van der Waals surface area contributed by atoms with Crippen LogP contribution in [0.4, 0.5) is 0 Å². The molecule has 0 amide bonds. The summed E-state index contributed by atoms with van der Waals surface area (Å²) in [6.45, 7) is 21.5. The monoisotopic (exact) mass is 861 g/mol. The summed E-state index contributed by atoms with van der Waals surface area (Å²) in [5.41, 5.74) is 8.87. The largest absolute Gasteiger partial charge is 0.512 e. The van der Waals surface area contributed by atoms with E-state index in [9.17, 15) is 9.90 Å². The minimum Gasteiger partial charge on any atom is -0.512 e. The molecule has 5 heteroatoms. The van der Waals surface area contributed by atoms with Crippen molar-refractivity contribution in [2.75, 3.05) is 0 Å². The minimum atomic E-state index is -0.261. The van der Waals surface area contributed by atoms with Crippen LogP contribution in [0.5, 0.6) is 0 Å². The molecule has 0 bridgehead atoms. The molecular formula is C46H54IrNO3-. The van der Waals surface area contributed by atoms with E-state index in [1.165, 1.54) is 39.3 Å². The zero-order valence-corrected chi connectivity index (χ0v) is 34.4. The van der Waals surface area contributed by atoms with Gasteiger partial charge < -0.3 is 9.52 Å². The SMILES string of the molecule is CCC(CC)C(=O)/C=C(\O)C(CC)CC.Cc1ccc2cc(C3=Cc4ccnc(-c5[c-]c6ccccc6c(C(C)(C)C)c5)c4C3(C)C)oc2c1.[Ir]. The van der Waals surface area contributed by atoms with Crippen LogP contribution in [0.1, 0.15) is 116 Å². The Hall–Kier alpha value is -3.79. The van der Waals surface area contributed by atoms with E-state index in [4.69, 9.17) is 9.40 Å². The van der Waals surface area contributed by atoms with Crippen molar-refractivity contribution in [3.8, 4) is 11.3 Å². The molecule has 271 valence electrons. The summed E-state index contributed by atoms with van der Waals surface area (Å²) in [6, 6.07) is 25.2. The van der Waals surface area contributed by atoms with Crippen LogP contribution in [-0.2, 0) is 35.7 Å². The first-order valence-corrected chi connectivity index (χ1v) is 18.4. The van der Waals surface area contributed by atoms with Gasteiger partial charge in [0.1, 0.15) is 11.3 Å². The van der Waals surface area contributed by atoms with Gasteiger partial charge in [-0.25, -0.2) is 0 Å². The molecule has 1 radical (unpaired) electrons. The van der Waals surface area contributed by atoms with Crippen LogP contribution in [0.15, 0.2) is 83.1 Å². The van der Waals surface area contributed by atoms with Gasteiger partial charge in [-0.15, -0.1) is 29.1 Å². The number of carbonyl (C=O) groups excluding carboxylic acids is 1. The fourth-order valence-electron chi connectivity index (χ4n) is 7.34. The van der Waals surface area contributed by atoms with Gasteiger partial charge in [0.2, 0.25) is 0 Å². The van der Waals surface area contributed by atoms with E-state index in [2.05, 4.69) is 114 Å². The number of aliphatic hydroxyl groups excluding tert-OH is 1. The maximum absolute atomic E-state index is 11.7. The van der Waals surface area contributed by atoms with Gasteiger partial charge in [-0.05, 0) is 79.0 Å². The number of aliphatic hydroxyl groups is 1. The number of hydrogen-bond acceptors (Lipinski definition) is 4. The van der Waals surface area contributed by atoms with E-state index in [0.29, 0.717) is 0 Å². The van der Waals surface area contributed by atoms with Crippen molar-refractivity contribution < 1.29 is 34.4 Å². The maximum atomic E-state index is 11.7. The Morgan fingerprint density at radius 3 is 2.25 bits per heavy atom. The molecule has 51 heavy (non-hydrogen) atoms. The Morgan fingerprint density at radius 1 is 0.941 bits per heavy atom. The Balaban J connectivity index is 0.000000312. The molecule has 4 nitrogen and oxygen atoms in total. The molecule has 0 spiro atoms. The van der Waals surface area contributed by atoms with Crippen LogP contribution in [0.2, 0.25) is 0 Å². The van der Waals surface area contributed by atoms with Gasteiger partial charge in [0, 0.05) is 66.3 Å². The maximum Gasteiger partial charge on any atom is 0.162 e. The van der Waals surface area contributed by atoms with Crippen LogP contribution < -0.4 is 0 Å². The summed E-state index contributed by atoms with van der Waals surface area (Å²) in [5.74, 6) is 1.47. The fraction of sp³-hybridized carbons (Fsp3) is 0.391. The number of ketones is 1. The molecule has 0 saturated carbocycles. The minimum absolute atomic E-state index is 0. The summed E-state index contributed by atoms with van der Waals surface area (Å²) in [7, 11) is 0. The molecule has 0 atom stereocenters. The number of benzene rings is 3. The molecule has 0 aliphatic heterocycles. The van der Waals surface area contributed by atoms with Crippen LogP contribution in [-0.4, -0.2) is 15.9 Å². The number of furan rings is 1. The van der Waals surface area contributed by atoms with Crippen molar-refractivity contribution in [3.63, 3.8) is 0 Å². The van der Waals surface area contributed by atoms with E-state index in [1.807, 2.05) is 33.9 Å². The molecule has 2 heterocycles. The third kappa shape index (κ3) is 8.32. The number of hydrogen-bond donors (Lipinski definition) is 1. The smallest absolute Gasteiger partial charge is 0.162 e. The van der Waals surface area contributed by atoms with Gasteiger partial charge >= 0.3 is 0 Å². The third-order valence-corrected chi connectivity index (χ3v) is 10.4. The Labute approximate surface area is 318 Å². The van der Waals surface area contributed by atoms with Gasteiger partial charge in [-0.1, -0.05) is 104 Å². The van der Waals surface area contributed by atoms with Crippen LogP contribution in [0, 0.1) is 24.8 Å². The first-order valence-electron chi connectivity index (χ1n) is 18.4. The predicted octanol–water partition coefficient (Wildman–Crippen LogP) is 12.8. The molecule has 3 aromatic carbocycles. The first kappa shape index (κ1) is 40.0. The van der Waals surface area contributed by atoms with Crippen molar-refractivity contribution in [3.05, 3.63) is 113 Å². The fourth-order valence-corrected chi connectivity index (χ4v) is 7.34. The van der Waals surface area contributed by atoms with E-state index in [0.717, 1.165) is 59.1 Å². The topological polar surface area (TPSA) is 63.3 Å². The second-order valence-electron chi connectivity index (χ2n) is 15.3. The average Bonchev–Trinajstić information content (AvgIpc) is 3.62. The molecule has 0 fully saturated rings.